The number of fused-ring (bicyclic) bond motifs is 6. The minimum atomic E-state index is -0.224. The molecule has 5 heteroatoms. The third-order valence-electron chi connectivity index (χ3n) is 9.58. The molecule has 2 heterocycles. The summed E-state index contributed by atoms with van der Waals surface area (Å²) in [6, 6.07) is 55.4. The van der Waals surface area contributed by atoms with Crippen LogP contribution < -0.4 is 5.32 Å². The highest BCUT2D eigenvalue weighted by molar-refractivity contribution is 6.23. The molecule has 0 aromatic heterocycles. The second-order valence-electron chi connectivity index (χ2n) is 12.5. The molecule has 3 unspecified atom stereocenters. The highest BCUT2D eigenvalue weighted by Crippen LogP contribution is 2.43. The van der Waals surface area contributed by atoms with E-state index in [4.69, 9.17) is 15.0 Å². The maximum Gasteiger partial charge on any atom is 0.155 e. The van der Waals surface area contributed by atoms with Crippen LogP contribution in [-0.4, -0.2) is 29.3 Å². The minimum absolute atomic E-state index is 0.0332. The van der Waals surface area contributed by atoms with E-state index in [9.17, 15) is 0 Å². The molecule has 9 rings (SSSR count). The van der Waals surface area contributed by atoms with Crippen molar-refractivity contribution >= 4 is 17.4 Å². The van der Waals surface area contributed by atoms with Crippen molar-refractivity contribution in [3.05, 3.63) is 191 Å². The van der Waals surface area contributed by atoms with E-state index >= 15 is 0 Å². The van der Waals surface area contributed by atoms with E-state index in [1.54, 1.807) is 0 Å². The SMILES string of the molecule is CN1C(c2ccccc2)=NC(c2cccc(-c3cccc(C4=NC5C(=N4)c4ccccc4-c4ccccc45)c3)c2)NC1c1ccccc1. The van der Waals surface area contributed by atoms with E-state index in [-0.39, 0.29) is 18.4 Å². The van der Waals surface area contributed by atoms with E-state index in [1.807, 2.05) is 6.07 Å². The first kappa shape index (κ1) is 28.3. The van der Waals surface area contributed by atoms with Crippen LogP contribution in [0, 0.1) is 0 Å². The van der Waals surface area contributed by atoms with E-state index < -0.39 is 0 Å². The molecule has 230 valence electrons. The molecule has 1 aliphatic carbocycles. The fourth-order valence-electron chi connectivity index (χ4n) is 7.22. The predicted octanol–water partition coefficient (Wildman–Crippen LogP) is 9.00. The molecule has 2 aliphatic heterocycles. The second-order valence-corrected chi connectivity index (χ2v) is 12.5. The Morgan fingerprint density at radius 2 is 1.12 bits per heavy atom. The van der Waals surface area contributed by atoms with E-state index in [0.29, 0.717) is 0 Å². The van der Waals surface area contributed by atoms with Gasteiger partial charge in [-0.25, -0.2) is 9.98 Å². The first-order valence-corrected chi connectivity index (χ1v) is 16.4. The molecule has 6 aromatic carbocycles. The first-order valence-electron chi connectivity index (χ1n) is 16.4. The number of benzene rings is 6. The number of amidine groups is 2. The van der Waals surface area contributed by atoms with Crippen LogP contribution in [0.5, 0.6) is 0 Å². The molecular formula is C43H33N5. The van der Waals surface area contributed by atoms with Crippen molar-refractivity contribution in [3.63, 3.8) is 0 Å². The lowest BCUT2D eigenvalue weighted by molar-refractivity contribution is 0.257. The van der Waals surface area contributed by atoms with Gasteiger partial charge in [0, 0.05) is 23.7 Å². The van der Waals surface area contributed by atoms with Gasteiger partial charge in [0.05, 0.1) is 5.71 Å². The summed E-state index contributed by atoms with van der Waals surface area (Å²) in [5.41, 5.74) is 12.5. The molecule has 0 amide bonds. The Labute approximate surface area is 280 Å². The van der Waals surface area contributed by atoms with Crippen LogP contribution in [-0.2, 0) is 0 Å². The Balaban J connectivity index is 1.07. The average molecular weight is 620 g/mol. The second kappa shape index (κ2) is 11.7. The molecule has 1 N–H and O–H groups in total. The number of nitrogens with zero attached hydrogens (tertiary/aromatic N) is 4. The summed E-state index contributed by atoms with van der Waals surface area (Å²) in [6.07, 6.45) is -0.257. The van der Waals surface area contributed by atoms with Crippen molar-refractivity contribution in [3.8, 4) is 22.3 Å². The molecule has 0 fully saturated rings. The summed E-state index contributed by atoms with van der Waals surface area (Å²) in [5.74, 6) is 1.74. The maximum absolute atomic E-state index is 5.27. The first-order chi connectivity index (χ1) is 23.7. The Hall–Kier alpha value is -5.91. The van der Waals surface area contributed by atoms with Gasteiger partial charge >= 0.3 is 0 Å². The third-order valence-corrected chi connectivity index (χ3v) is 9.58. The fraction of sp³-hybridized carbons (Fsp3) is 0.0930. The van der Waals surface area contributed by atoms with Crippen LogP contribution in [0.4, 0.5) is 0 Å². The van der Waals surface area contributed by atoms with Crippen molar-refractivity contribution in [1.82, 2.24) is 10.2 Å². The van der Waals surface area contributed by atoms with Gasteiger partial charge in [-0.3, -0.25) is 10.3 Å². The van der Waals surface area contributed by atoms with Crippen LogP contribution in [0.25, 0.3) is 22.3 Å². The average Bonchev–Trinajstić information content (AvgIpc) is 3.62. The summed E-state index contributed by atoms with van der Waals surface area (Å²) in [4.78, 5) is 17.9. The standard InChI is InChI=1S/C43H33N5/c1-48-42(28-14-4-2-5-15-28)46-41(47-43(48)29-16-6-3-7-17-29)33-21-13-19-31(27-33)30-18-12-20-32(26-30)40-44-38-36-24-10-8-22-34(36)35-23-9-11-25-37(35)39(38)45-40/h2-27,38,41-42,46H,1H3. The van der Waals surface area contributed by atoms with Gasteiger partial charge in [-0.15, -0.1) is 0 Å². The molecule has 0 spiro atoms. The zero-order chi connectivity index (χ0) is 32.0. The van der Waals surface area contributed by atoms with Gasteiger partial charge in [0.15, 0.2) is 5.84 Å². The molecule has 5 nitrogen and oxygen atoms in total. The topological polar surface area (TPSA) is 52.4 Å². The number of hydrogen-bond donors (Lipinski definition) is 1. The molecular weight excluding hydrogens is 587 g/mol. The number of hydrogen-bond acceptors (Lipinski definition) is 5. The van der Waals surface area contributed by atoms with Crippen LogP contribution in [0.2, 0.25) is 0 Å². The number of aliphatic imine (C=N–C) groups is 3. The molecule has 3 atom stereocenters. The van der Waals surface area contributed by atoms with Gasteiger partial charge in [0.2, 0.25) is 0 Å². The van der Waals surface area contributed by atoms with Gasteiger partial charge in [0.25, 0.3) is 0 Å². The van der Waals surface area contributed by atoms with Gasteiger partial charge in [-0.05, 0) is 51.1 Å². The lowest BCUT2D eigenvalue weighted by atomic mass is 9.82. The van der Waals surface area contributed by atoms with Crippen molar-refractivity contribution in [2.75, 3.05) is 7.05 Å². The van der Waals surface area contributed by atoms with Crippen LogP contribution in [0.1, 0.15) is 51.8 Å². The number of nitrogens with one attached hydrogen (secondary N) is 1. The van der Waals surface area contributed by atoms with E-state index in [0.717, 1.165) is 45.2 Å². The zero-order valence-electron chi connectivity index (χ0n) is 26.5. The molecule has 3 aliphatic rings. The van der Waals surface area contributed by atoms with Gasteiger partial charge < -0.3 is 4.90 Å². The quantitative estimate of drug-likeness (QED) is 0.209. The van der Waals surface area contributed by atoms with Crippen molar-refractivity contribution in [1.29, 1.82) is 0 Å². The largest absolute Gasteiger partial charge is 0.340 e. The van der Waals surface area contributed by atoms with E-state index in [2.05, 4.69) is 169 Å². The Morgan fingerprint density at radius 3 is 1.94 bits per heavy atom. The third kappa shape index (κ3) is 4.88. The number of rotatable bonds is 5. The van der Waals surface area contributed by atoms with Gasteiger partial charge in [-0.2, -0.15) is 0 Å². The summed E-state index contributed by atoms with van der Waals surface area (Å²) < 4.78 is 0. The summed E-state index contributed by atoms with van der Waals surface area (Å²) in [6.45, 7) is 0. The molecule has 0 saturated carbocycles. The maximum atomic E-state index is 5.27. The Morgan fingerprint density at radius 1 is 0.521 bits per heavy atom. The van der Waals surface area contributed by atoms with Crippen molar-refractivity contribution < 1.29 is 0 Å². The lowest BCUT2D eigenvalue weighted by Gasteiger charge is -2.39. The molecule has 48 heavy (non-hydrogen) atoms. The van der Waals surface area contributed by atoms with Gasteiger partial charge in [-0.1, -0.05) is 146 Å². The van der Waals surface area contributed by atoms with Crippen molar-refractivity contribution in [2.24, 2.45) is 15.0 Å². The summed E-state index contributed by atoms with van der Waals surface area (Å²) in [7, 11) is 2.11. The van der Waals surface area contributed by atoms with E-state index in [1.165, 1.54) is 27.8 Å². The monoisotopic (exact) mass is 619 g/mol. The Kier molecular flexibility index (Phi) is 6.91. The molecule has 0 saturated heterocycles. The fourth-order valence-corrected chi connectivity index (χ4v) is 7.22. The van der Waals surface area contributed by atoms with Crippen LogP contribution in [0.15, 0.2) is 173 Å². The van der Waals surface area contributed by atoms with Crippen LogP contribution >= 0.6 is 0 Å². The van der Waals surface area contributed by atoms with Gasteiger partial charge in [0.1, 0.15) is 24.2 Å². The summed E-state index contributed by atoms with van der Waals surface area (Å²) in [5, 5.41) is 3.82. The normalized spacial score (nSPS) is 19.4. The molecule has 0 radical (unpaired) electrons. The highest BCUT2D eigenvalue weighted by atomic mass is 15.4. The Bertz CT molecular complexity index is 2250. The predicted molar refractivity (Wildman–Crippen MR) is 195 cm³/mol. The highest BCUT2D eigenvalue weighted by Gasteiger charge is 2.34. The van der Waals surface area contributed by atoms with Crippen molar-refractivity contribution in [2.45, 2.75) is 18.4 Å². The zero-order valence-corrected chi connectivity index (χ0v) is 26.5. The molecule has 6 aromatic rings. The molecule has 0 bridgehead atoms. The smallest absolute Gasteiger partial charge is 0.155 e. The summed E-state index contributed by atoms with van der Waals surface area (Å²) >= 11 is 0. The van der Waals surface area contributed by atoms with Crippen LogP contribution in [0.3, 0.4) is 0 Å². The minimum Gasteiger partial charge on any atom is -0.340 e. The lowest BCUT2D eigenvalue weighted by Crippen LogP contribution is -2.46.